The molecule has 2 aliphatic heterocycles. The van der Waals surface area contributed by atoms with Crippen molar-refractivity contribution in [3.63, 3.8) is 0 Å². The van der Waals surface area contributed by atoms with Gasteiger partial charge in [0.2, 0.25) is 5.88 Å². The summed E-state index contributed by atoms with van der Waals surface area (Å²) in [6, 6.07) is 44.4. The van der Waals surface area contributed by atoms with Gasteiger partial charge < -0.3 is 13.6 Å². The van der Waals surface area contributed by atoms with Gasteiger partial charge >= 0.3 is 6.85 Å². The number of hydrogen-bond donors (Lipinski definition) is 0. The predicted octanol–water partition coefficient (Wildman–Crippen LogP) is 16.5. The third-order valence-corrected chi connectivity index (χ3v) is 17.5. The van der Waals surface area contributed by atoms with Gasteiger partial charge in [0, 0.05) is 38.6 Å². The van der Waals surface area contributed by atoms with E-state index in [4.69, 9.17) is 8.83 Å². The maximum atomic E-state index is 7.72. The van der Waals surface area contributed by atoms with Crippen molar-refractivity contribution in [1.82, 2.24) is 0 Å². The predicted molar refractivity (Wildman–Crippen MR) is 289 cm³/mol. The van der Waals surface area contributed by atoms with Gasteiger partial charge in [0.15, 0.2) is 5.58 Å². The first kappa shape index (κ1) is 41.9. The first-order chi connectivity index (χ1) is 32.5. The lowest BCUT2D eigenvalue weighted by Crippen LogP contribution is -2.61. The fourth-order valence-corrected chi connectivity index (χ4v) is 13.1. The minimum Gasteiger partial charge on any atom is -0.454 e. The molecule has 0 spiro atoms. The van der Waals surface area contributed by atoms with Crippen LogP contribution in [0.1, 0.15) is 134 Å². The monoisotopic (exact) mass is 890 g/mol. The lowest BCUT2D eigenvalue weighted by Gasteiger charge is -2.45. The highest BCUT2D eigenvalue weighted by Crippen LogP contribution is 2.56. The third kappa shape index (κ3) is 5.86. The van der Waals surface area contributed by atoms with Crippen LogP contribution in [0.3, 0.4) is 0 Å². The zero-order chi connectivity index (χ0) is 46.8. The average Bonchev–Trinajstić information content (AvgIpc) is 3.89. The van der Waals surface area contributed by atoms with E-state index in [1.807, 2.05) is 0 Å². The Hall–Kier alpha value is -6.20. The minimum absolute atomic E-state index is 0.00341. The Bertz CT molecular complexity index is 3600. The molecular weight excluding hydrogens is 828 g/mol. The van der Waals surface area contributed by atoms with E-state index in [1.165, 1.54) is 95.8 Å². The van der Waals surface area contributed by atoms with Gasteiger partial charge in [0.05, 0.1) is 11.4 Å². The smallest absolute Gasteiger partial charge is 0.337 e. The molecule has 0 fully saturated rings. The minimum atomic E-state index is -0.230. The summed E-state index contributed by atoms with van der Waals surface area (Å²) in [6.45, 7) is 23.9. The van der Waals surface area contributed by atoms with Crippen molar-refractivity contribution in [3.05, 3.63) is 149 Å². The van der Waals surface area contributed by atoms with Crippen molar-refractivity contribution in [2.24, 2.45) is 0 Å². The fraction of sp³-hybridized carbons (Fsp3) is 0.333. The largest absolute Gasteiger partial charge is 0.454 e. The van der Waals surface area contributed by atoms with Crippen LogP contribution in [0, 0.1) is 6.92 Å². The molecular formula is C63H63BN2O2. The van der Waals surface area contributed by atoms with Crippen molar-refractivity contribution in [3.8, 4) is 11.1 Å². The molecule has 2 aromatic heterocycles. The molecule has 0 unspecified atom stereocenters. The molecule has 0 amide bonds. The number of para-hydroxylation sites is 1. The quantitative estimate of drug-likeness (QED) is 0.161. The number of benzene rings is 7. The van der Waals surface area contributed by atoms with Crippen molar-refractivity contribution < 1.29 is 8.83 Å². The highest BCUT2D eigenvalue weighted by Gasteiger charge is 2.51. The molecule has 7 aromatic carbocycles. The summed E-state index contributed by atoms with van der Waals surface area (Å²) in [5.41, 5.74) is 20.8. The van der Waals surface area contributed by atoms with Crippen LogP contribution in [-0.2, 0) is 28.1 Å². The van der Waals surface area contributed by atoms with E-state index in [-0.39, 0.29) is 28.5 Å². The van der Waals surface area contributed by atoms with Crippen molar-refractivity contribution in [2.75, 3.05) is 9.71 Å². The summed E-state index contributed by atoms with van der Waals surface area (Å²) in [5.74, 6) is 0.888. The number of nitrogens with zero attached hydrogens (tertiary/aromatic N) is 2. The number of rotatable bonds is 5. The summed E-state index contributed by atoms with van der Waals surface area (Å²) in [4.78, 5) is 5.19. The first-order valence-electron chi connectivity index (χ1n) is 25.5. The topological polar surface area (TPSA) is 32.8 Å². The second-order valence-corrected chi connectivity index (χ2v) is 23.7. The summed E-state index contributed by atoms with van der Waals surface area (Å²) >= 11 is 0. The molecule has 4 nitrogen and oxygen atoms in total. The van der Waals surface area contributed by atoms with Gasteiger partial charge in [-0.1, -0.05) is 129 Å². The molecule has 0 N–H and O–H groups in total. The lowest BCUT2D eigenvalue weighted by molar-refractivity contribution is 0.332. The number of fused-ring (bicyclic) bond motifs is 13. The normalized spacial score (nSPS) is 18.2. The molecule has 13 rings (SSSR count). The summed E-state index contributed by atoms with van der Waals surface area (Å²) in [5, 5.41) is 5.92. The molecule has 2 aliphatic carbocycles. The molecule has 5 heteroatoms. The molecule has 0 atom stereocenters. The first-order valence-corrected chi connectivity index (χ1v) is 25.5. The van der Waals surface area contributed by atoms with Crippen LogP contribution >= 0.6 is 0 Å². The van der Waals surface area contributed by atoms with Crippen LogP contribution in [0.15, 0.2) is 124 Å². The second kappa shape index (κ2) is 14.2. The molecule has 0 saturated carbocycles. The lowest BCUT2D eigenvalue weighted by atomic mass is 9.43. The third-order valence-electron chi connectivity index (χ3n) is 17.5. The van der Waals surface area contributed by atoms with E-state index in [1.54, 1.807) is 0 Å². The van der Waals surface area contributed by atoms with E-state index in [0.717, 1.165) is 76.9 Å². The van der Waals surface area contributed by atoms with Gasteiger partial charge in [-0.2, -0.15) is 0 Å². The van der Waals surface area contributed by atoms with Crippen LogP contribution in [0.25, 0.3) is 54.8 Å². The summed E-state index contributed by atoms with van der Waals surface area (Å²) in [6.07, 6.45) is 8.01. The van der Waals surface area contributed by atoms with Crippen LogP contribution < -0.4 is 20.6 Å². The molecule has 9 aromatic rings. The van der Waals surface area contributed by atoms with E-state index < -0.39 is 0 Å². The highest BCUT2D eigenvalue weighted by molar-refractivity contribution is 6.95. The van der Waals surface area contributed by atoms with E-state index in [2.05, 4.69) is 194 Å². The molecule has 0 radical (unpaired) electrons. The van der Waals surface area contributed by atoms with Crippen LogP contribution in [0.5, 0.6) is 0 Å². The fourth-order valence-electron chi connectivity index (χ4n) is 13.1. The number of furan rings is 2. The van der Waals surface area contributed by atoms with Crippen LogP contribution in [0.4, 0.5) is 28.6 Å². The Balaban J connectivity index is 1.22. The molecule has 4 aliphatic rings. The van der Waals surface area contributed by atoms with Gasteiger partial charge in [0.1, 0.15) is 11.2 Å². The Morgan fingerprint density at radius 2 is 1.16 bits per heavy atom. The van der Waals surface area contributed by atoms with Crippen molar-refractivity contribution in [1.29, 1.82) is 0 Å². The molecule has 0 bridgehead atoms. The number of unbranched alkanes of at least 4 members (excludes halogenated alkanes) is 1. The molecule has 0 saturated heterocycles. The standard InChI is InChI=1S/C63H63BN2O2/c1-11-12-17-38-22-24-41(25-23-38)66-52-32-40-19-14-13-18-39(40)31-43(52)44-33-45-42-20-15-16-21-53(42)67-58(45)57-55(44)64(66)56-46-34-48-50(63(9,10)29-27-61(48,5)6)36-54(46)68-59(56)65(57)51-35-49-47(30-37(51)2)60(3,4)26-28-62(49,7)8/h13-16,18-25,30-36H,11-12,17,26-29H2,1-10H3. The Labute approximate surface area is 402 Å². The van der Waals surface area contributed by atoms with Crippen molar-refractivity contribution >= 4 is 90.1 Å². The SMILES string of the molecule is CCCCc1ccc(N2B3c4c(cc5c(oc6ccccc65)c4N(c4cc5c(cc4C)C(C)(C)CCC5(C)C)c4oc5cc6c(cc5c43)C(C)(C)CCC6(C)C)-c3cc4ccccc4cc32)cc1. The van der Waals surface area contributed by atoms with Gasteiger partial charge in [-0.25, -0.2) is 0 Å². The number of anilines is 5. The molecule has 68 heavy (non-hydrogen) atoms. The van der Waals surface area contributed by atoms with Gasteiger partial charge in [-0.05, 0) is 177 Å². The van der Waals surface area contributed by atoms with E-state index in [0.29, 0.717) is 0 Å². The van der Waals surface area contributed by atoms with Crippen LogP contribution in [0.2, 0.25) is 0 Å². The van der Waals surface area contributed by atoms with E-state index in [9.17, 15) is 0 Å². The molecule has 4 heterocycles. The Morgan fingerprint density at radius 1 is 0.544 bits per heavy atom. The Kier molecular flexibility index (Phi) is 8.75. The Morgan fingerprint density at radius 3 is 1.85 bits per heavy atom. The average molecular weight is 891 g/mol. The maximum Gasteiger partial charge on any atom is 0.337 e. The number of aryl methyl sites for hydroxylation is 2. The number of hydrogen-bond acceptors (Lipinski definition) is 4. The second-order valence-electron chi connectivity index (χ2n) is 23.7. The van der Waals surface area contributed by atoms with Crippen molar-refractivity contribution in [2.45, 2.75) is 136 Å². The van der Waals surface area contributed by atoms with Gasteiger partial charge in [-0.15, -0.1) is 0 Å². The zero-order valence-electron chi connectivity index (χ0n) is 41.7. The molecule has 340 valence electrons. The van der Waals surface area contributed by atoms with Crippen LogP contribution in [-0.4, -0.2) is 6.85 Å². The van der Waals surface area contributed by atoms with Gasteiger partial charge in [0.25, 0.3) is 0 Å². The summed E-state index contributed by atoms with van der Waals surface area (Å²) < 4.78 is 15.0. The van der Waals surface area contributed by atoms with E-state index >= 15 is 0 Å². The van der Waals surface area contributed by atoms with Gasteiger partial charge in [-0.3, -0.25) is 4.90 Å². The zero-order valence-corrected chi connectivity index (χ0v) is 41.7. The highest BCUT2D eigenvalue weighted by atomic mass is 16.4. The summed E-state index contributed by atoms with van der Waals surface area (Å²) in [7, 11) is 0. The maximum absolute atomic E-state index is 7.72.